The minimum atomic E-state index is -0.799. The fraction of sp³-hybridized carbons (Fsp3) is 0.385. The highest BCUT2D eigenvalue weighted by Gasteiger charge is 2.24. The molecule has 5 heteroatoms. The van der Waals surface area contributed by atoms with E-state index in [1.165, 1.54) is 0 Å². The Bertz CT molecular complexity index is 418. The zero-order valence-corrected chi connectivity index (χ0v) is 10.6. The smallest absolute Gasteiger partial charge is 0.242 e. The van der Waals surface area contributed by atoms with Gasteiger partial charge in [0.15, 0.2) is 0 Å². The van der Waals surface area contributed by atoms with Gasteiger partial charge < -0.3 is 16.8 Å². The molecule has 2 amide bonds. The van der Waals surface area contributed by atoms with Crippen molar-refractivity contribution in [1.82, 2.24) is 5.32 Å². The maximum Gasteiger partial charge on any atom is 0.242 e. The number of hydrogen-bond donors (Lipinski definition) is 3. The highest BCUT2D eigenvalue weighted by atomic mass is 16.2. The predicted octanol–water partition coefficient (Wildman–Crippen LogP) is 0.312. The van der Waals surface area contributed by atoms with Gasteiger partial charge in [0, 0.05) is 0 Å². The second-order valence-electron chi connectivity index (χ2n) is 4.52. The van der Waals surface area contributed by atoms with Crippen molar-refractivity contribution >= 4 is 11.8 Å². The van der Waals surface area contributed by atoms with Gasteiger partial charge >= 0.3 is 0 Å². The van der Waals surface area contributed by atoms with Gasteiger partial charge in [-0.25, -0.2) is 0 Å². The molecule has 1 aromatic carbocycles. The Morgan fingerprint density at radius 1 is 1.17 bits per heavy atom. The summed E-state index contributed by atoms with van der Waals surface area (Å²) in [5.41, 5.74) is 11.7. The average molecular weight is 249 g/mol. The molecule has 0 fully saturated rings. The Morgan fingerprint density at radius 3 is 2.17 bits per heavy atom. The molecule has 98 valence electrons. The van der Waals surface area contributed by atoms with Crippen LogP contribution in [0.1, 0.15) is 25.5 Å². The summed E-state index contributed by atoms with van der Waals surface area (Å²) in [7, 11) is 0. The Kier molecular flexibility index (Phi) is 4.85. The molecular formula is C13H19N3O2. The van der Waals surface area contributed by atoms with E-state index in [0.717, 1.165) is 0 Å². The van der Waals surface area contributed by atoms with E-state index in [1.54, 1.807) is 24.3 Å². The number of benzene rings is 1. The summed E-state index contributed by atoms with van der Waals surface area (Å²) in [5.74, 6) is -1.04. The van der Waals surface area contributed by atoms with E-state index in [1.807, 2.05) is 19.9 Å². The summed E-state index contributed by atoms with van der Waals surface area (Å²) in [5, 5.41) is 2.58. The highest BCUT2D eigenvalue weighted by Crippen LogP contribution is 2.10. The van der Waals surface area contributed by atoms with Gasteiger partial charge in [-0.05, 0) is 11.5 Å². The second kappa shape index (κ2) is 6.16. The van der Waals surface area contributed by atoms with Crippen molar-refractivity contribution in [2.45, 2.75) is 25.9 Å². The largest absolute Gasteiger partial charge is 0.368 e. The van der Waals surface area contributed by atoms with Crippen LogP contribution in [0.5, 0.6) is 0 Å². The van der Waals surface area contributed by atoms with Gasteiger partial charge in [-0.15, -0.1) is 0 Å². The van der Waals surface area contributed by atoms with Crippen LogP contribution < -0.4 is 16.8 Å². The summed E-state index contributed by atoms with van der Waals surface area (Å²) in [6.45, 7) is 3.62. The molecule has 0 aliphatic carbocycles. The molecule has 1 rings (SSSR count). The first-order valence-electron chi connectivity index (χ1n) is 5.83. The van der Waals surface area contributed by atoms with Gasteiger partial charge in [0.05, 0.1) is 0 Å². The zero-order chi connectivity index (χ0) is 13.7. The second-order valence-corrected chi connectivity index (χ2v) is 4.52. The molecule has 0 saturated carbocycles. The lowest BCUT2D eigenvalue weighted by molar-refractivity contribution is -0.129. The van der Waals surface area contributed by atoms with Crippen molar-refractivity contribution < 1.29 is 9.59 Å². The molecule has 1 unspecified atom stereocenters. The van der Waals surface area contributed by atoms with Crippen LogP contribution in [0.4, 0.5) is 0 Å². The zero-order valence-electron chi connectivity index (χ0n) is 10.6. The van der Waals surface area contributed by atoms with E-state index in [9.17, 15) is 9.59 Å². The Morgan fingerprint density at radius 2 is 1.72 bits per heavy atom. The molecule has 0 aliphatic rings. The van der Waals surface area contributed by atoms with Gasteiger partial charge in [0.1, 0.15) is 12.1 Å². The first kappa shape index (κ1) is 14.2. The number of amides is 2. The number of primary amides is 1. The van der Waals surface area contributed by atoms with E-state index in [0.29, 0.717) is 5.56 Å². The van der Waals surface area contributed by atoms with Gasteiger partial charge in [0.2, 0.25) is 11.8 Å². The molecule has 0 spiro atoms. The first-order chi connectivity index (χ1) is 8.43. The third-order valence-corrected chi connectivity index (χ3v) is 2.71. The van der Waals surface area contributed by atoms with Crippen LogP contribution in [-0.2, 0) is 9.59 Å². The third-order valence-electron chi connectivity index (χ3n) is 2.71. The van der Waals surface area contributed by atoms with Crippen LogP contribution >= 0.6 is 0 Å². The standard InChI is InChI=1S/C13H19N3O2/c1-8(2)11(12(15)17)16-13(18)10(14)9-6-4-3-5-7-9/h3-8,10-11H,14H2,1-2H3,(H2,15,17)(H,16,18)/t10-,11?/m1/s1. The summed E-state index contributed by atoms with van der Waals surface area (Å²) in [6.07, 6.45) is 0. The number of rotatable bonds is 5. The SMILES string of the molecule is CC(C)C(NC(=O)[C@H](N)c1ccccc1)C(N)=O. The monoisotopic (exact) mass is 249 g/mol. The van der Waals surface area contributed by atoms with Gasteiger partial charge in [-0.1, -0.05) is 44.2 Å². The van der Waals surface area contributed by atoms with Crippen LogP contribution in [0.2, 0.25) is 0 Å². The molecule has 5 N–H and O–H groups in total. The van der Waals surface area contributed by atoms with Crippen molar-refractivity contribution in [2.24, 2.45) is 17.4 Å². The molecular weight excluding hydrogens is 230 g/mol. The molecule has 0 aromatic heterocycles. The lowest BCUT2D eigenvalue weighted by Gasteiger charge is -2.21. The third kappa shape index (κ3) is 3.56. The Hall–Kier alpha value is -1.88. The quantitative estimate of drug-likeness (QED) is 0.700. The van der Waals surface area contributed by atoms with Crippen molar-refractivity contribution in [3.63, 3.8) is 0 Å². The van der Waals surface area contributed by atoms with E-state index in [-0.39, 0.29) is 5.92 Å². The van der Waals surface area contributed by atoms with Crippen LogP contribution in [0.15, 0.2) is 30.3 Å². The first-order valence-corrected chi connectivity index (χ1v) is 5.83. The molecule has 18 heavy (non-hydrogen) atoms. The van der Waals surface area contributed by atoms with Crippen molar-refractivity contribution in [3.05, 3.63) is 35.9 Å². The van der Waals surface area contributed by atoms with Crippen molar-refractivity contribution in [3.8, 4) is 0 Å². The molecule has 0 aliphatic heterocycles. The maximum absolute atomic E-state index is 11.9. The molecule has 0 heterocycles. The summed E-state index contributed by atoms with van der Waals surface area (Å²) >= 11 is 0. The molecule has 0 saturated heterocycles. The molecule has 1 aromatic rings. The van der Waals surface area contributed by atoms with Gasteiger partial charge in [-0.3, -0.25) is 9.59 Å². The van der Waals surface area contributed by atoms with E-state index >= 15 is 0 Å². The minimum Gasteiger partial charge on any atom is -0.368 e. The summed E-state index contributed by atoms with van der Waals surface area (Å²) < 4.78 is 0. The topological polar surface area (TPSA) is 98.2 Å². The Labute approximate surface area is 107 Å². The van der Waals surface area contributed by atoms with Gasteiger partial charge in [-0.2, -0.15) is 0 Å². The average Bonchev–Trinajstić information content (AvgIpc) is 2.35. The number of carbonyl (C=O) groups is 2. The van der Waals surface area contributed by atoms with Crippen LogP contribution in [0.25, 0.3) is 0 Å². The summed E-state index contributed by atoms with van der Waals surface area (Å²) in [4.78, 5) is 23.1. The lowest BCUT2D eigenvalue weighted by Crippen LogP contribution is -2.50. The Balaban J connectivity index is 2.73. The predicted molar refractivity (Wildman–Crippen MR) is 69.3 cm³/mol. The number of carbonyl (C=O) groups excluding carboxylic acids is 2. The number of nitrogens with two attached hydrogens (primary N) is 2. The van der Waals surface area contributed by atoms with Crippen LogP contribution in [-0.4, -0.2) is 17.9 Å². The normalized spacial score (nSPS) is 14.0. The van der Waals surface area contributed by atoms with Crippen LogP contribution in [0.3, 0.4) is 0 Å². The maximum atomic E-state index is 11.9. The van der Waals surface area contributed by atoms with Crippen LogP contribution in [0, 0.1) is 5.92 Å². The van der Waals surface area contributed by atoms with Gasteiger partial charge in [0.25, 0.3) is 0 Å². The number of hydrogen-bond acceptors (Lipinski definition) is 3. The highest BCUT2D eigenvalue weighted by molar-refractivity contribution is 5.89. The molecule has 2 atom stereocenters. The molecule has 0 radical (unpaired) electrons. The minimum absolute atomic E-state index is 0.0746. The summed E-state index contributed by atoms with van der Waals surface area (Å²) in [6, 6.07) is 7.47. The molecule has 0 bridgehead atoms. The molecule has 5 nitrogen and oxygen atoms in total. The van der Waals surface area contributed by atoms with Crippen molar-refractivity contribution in [1.29, 1.82) is 0 Å². The van der Waals surface area contributed by atoms with Crippen molar-refractivity contribution in [2.75, 3.05) is 0 Å². The van der Waals surface area contributed by atoms with E-state index < -0.39 is 23.9 Å². The fourth-order valence-corrected chi connectivity index (χ4v) is 1.62. The lowest BCUT2D eigenvalue weighted by atomic mass is 10.0. The number of nitrogens with one attached hydrogen (secondary N) is 1. The van der Waals surface area contributed by atoms with E-state index in [2.05, 4.69) is 5.32 Å². The fourth-order valence-electron chi connectivity index (χ4n) is 1.62. The van der Waals surface area contributed by atoms with E-state index in [4.69, 9.17) is 11.5 Å².